The van der Waals surface area contributed by atoms with E-state index in [0.717, 1.165) is 12.1 Å². The van der Waals surface area contributed by atoms with Crippen molar-refractivity contribution in [3.63, 3.8) is 0 Å². The van der Waals surface area contributed by atoms with E-state index in [1.54, 1.807) is 0 Å². The zero-order valence-corrected chi connectivity index (χ0v) is 9.12. The molecule has 94 valence electrons. The molecule has 2 N–H and O–H groups in total. The number of hydrogen-bond acceptors (Lipinski definition) is 3. The van der Waals surface area contributed by atoms with Crippen LogP contribution in [0.4, 0.5) is 13.2 Å². The molecule has 6 heteroatoms. The highest BCUT2D eigenvalue weighted by atomic mass is 19.4. The number of alkyl halides is 3. The van der Waals surface area contributed by atoms with Gasteiger partial charge < -0.3 is 10.5 Å². The average Bonchev–Trinajstić information content (AvgIpc) is 2.28. The van der Waals surface area contributed by atoms with Gasteiger partial charge in [0.05, 0.1) is 6.61 Å². The predicted molar refractivity (Wildman–Crippen MR) is 55.0 cm³/mol. The average molecular weight is 247 g/mol. The monoisotopic (exact) mass is 247 g/mol. The maximum atomic E-state index is 12.9. The number of hydrogen-bond donors (Lipinski definition) is 1. The summed E-state index contributed by atoms with van der Waals surface area (Å²) < 4.78 is 43.2. The summed E-state index contributed by atoms with van der Waals surface area (Å²) in [7, 11) is 0. The number of ether oxygens (including phenoxy) is 1. The Balaban J connectivity index is 3.26. The van der Waals surface area contributed by atoms with Crippen LogP contribution in [0.5, 0.6) is 0 Å². The molecule has 1 atom stereocenters. The first-order valence-electron chi connectivity index (χ1n) is 4.92. The summed E-state index contributed by atoms with van der Waals surface area (Å²) in [4.78, 5) is 11.4. The molecule has 1 unspecified atom stereocenters. The Morgan fingerprint density at radius 2 is 1.82 bits per heavy atom. The second kappa shape index (κ2) is 4.75. The summed E-state index contributed by atoms with van der Waals surface area (Å²) in [5.41, 5.74) is 1.76. The lowest BCUT2D eigenvalue weighted by atomic mass is 9.90. The van der Waals surface area contributed by atoms with E-state index in [1.807, 2.05) is 0 Å². The third kappa shape index (κ3) is 2.41. The molecule has 0 radical (unpaired) electrons. The molecule has 0 aliphatic rings. The molecule has 0 amide bonds. The largest absolute Gasteiger partial charge is 0.464 e. The van der Waals surface area contributed by atoms with E-state index in [9.17, 15) is 18.0 Å². The van der Waals surface area contributed by atoms with Gasteiger partial charge in [-0.1, -0.05) is 30.3 Å². The number of esters is 1. The first-order chi connectivity index (χ1) is 7.84. The molecule has 0 fully saturated rings. The standard InChI is InChI=1S/C11H12F3NO2/c1-2-17-9(16)10(15,11(12,13)14)8-6-4-3-5-7-8/h3-7H,2,15H2,1H3. The van der Waals surface area contributed by atoms with Gasteiger partial charge in [-0.3, -0.25) is 0 Å². The van der Waals surface area contributed by atoms with Crippen LogP contribution >= 0.6 is 0 Å². The molecule has 1 rings (SSSR count). The minimum Gasteiger partial charge on any atom is -0.464 e. The van der Waals surface area contributed by atoms with Crippen LogP contribution in [-0.4, -0.2) is 18.8 Å². The molecule has 0 heterocycles. The van der Waals surface area contributed by atoms with Crippen LogP contribution in [0.25, 0.3) is 0 Å². The van der Waals surface area contributed by atoms with Gasteiger partial charge >= 0.3 is 12.1 Å². The van der Waals surface area contributed by atoms with Crippen LogP contribution in [0.1, 0.15) is 12.5 Å². The minimum atomic E-state index is -4.92. The molecule has 1 aromatic carbocycles. The molecule has 0 aliphatic heterocycles. The van der Waals surface area contributed by atoms with Crippen molar-refractivity contribution in [2.75, 3.05) is 6.61 Å². The van der Waals surface area contributed by atoms with Gasteiger partial charge in [0.15, 0.2) is 0 Å². The molecule has 0 aromatic heterocycles. The van der Waals surface area contributed by atoms with Crippen molar-refractivity contribution in [2.24, 2.45) is 5.73 Å². The van der Waals surface area contributed by atoms with Crippen LogP contribution in [0.3, 0.4) is 0 Å². The fourth-order valence-electron chi connectivity index (χ4n) is 1.34. The molecule has 0 bridgehead atoms. The van der Waals surface area contributed by atoms with E-state index in [-0.39, 0.29) is 12.2 Å². The number of rotatable bonds is 3. The van der Waals surface area contributed by atoms with Crippen molar-refractivity contribution in [1.82, 2.24) is 0 Å². The summed E-state index contributed by atoms with van der Waals surface area (Å²) >= 11 is 0. The summed E-state index contributed by atoms with van der Waals surface area (Å²) in [6.45, 7) is 1.25. The second-order valence-electron chi connectivity index (χ2n) is 3.39. The van der Waals surface area contributed by atoms with Crippen LogP contribution in [0.2, 0.25) is 0 Å². The Kier molecular flexibility index (Phi) is 3.77. The highest BCUT2D eigenvalue weighted by Gasteiger charge is 2.60. The summed E-state index contributed by atoms with van der Waals surface area (Å²) in [5, 5.41) is 0. The second-order valence-corrected chi connectivity index (χ2v) is 3.39. The third-order valence-electron chi connectivity index (χ3n) is 2.27. The Labute approximate surface area is 96.4 Å². The Bertz CT molecular complexity index is 391. The molecule has 0 saturated carbocycles. The minimum absolute atomic E-state index is 0.166. The first kappa shape index (κ1) is 13.5. The zero-order chi connectivity index (χ0) is 13.1. The predicted octanol–water partition coefficient (Wildman–Crippen LogP) is 1.97. The van der Waals surface area contributed by atoms with Crippen molar-refractivity contribution in [2.45, 2.75) is 18.6 Å². The SMILES string of the molecule is CCOC(=O)C(N)(c1ccccc1)C(F)(F)F. The Morgan fingerprint density at radius 3 is 2.24 bits per heavy atom. The topological polar surface area (TPSA) is 52.3 Å². The highest BCUT2D eigenvalue weighted by molar-refractivity contribution is 5.83. The van der Waals surface area contributed by atoms with Gasteiger partial charge in [-0.05, 0) is 12.5 Å². The van der Waals surface area contributed by atoms with E-state index in [2.05, 4.69) is 4.74 Å². The molecule has 1 aromatic rings. The number of carbonyl (C=O) groups excluding carboxylic acids is 1. The molecule has 0 aliphatic carbocycles. The first-order valence-corrected chi connectivity index (χ1v) is 4.92. The number of benzene rings is 1. The van der Waals surface area contributed by atoms with Crippen molar-refractivity contribution in [3.8, 4) is 0 Å². The number of halogens is 3. The number of carbonyl (C=O) groups is 1. The van der Waals surface area contributed by atoms with Crippen LogP contribution in [0.15, 0.2) is 30.3 Å². The van der Waals surface area contributed by atoms with Crippen LogP contribution in [0, 0.1) is 0 Å². The van der Waals surface area contributed by atoms with Crippen LogP contribution < -0.4 is 5.73 Å². The Morgan fingerprint density at radius 1 is 1.29 bits per heavy atom. The van der Waals surface area contributed by atoms with E-state index >= 15 is 0 Å². The lowest BCUT2D eigenvalue weighted by molar-refractivity contribution is -0.208. The molecular formula is C11H12F3NO2. The van der Waals surface area contributed by atoms with Crippen molar-refractivity contribution >= 4 is 5.97 Å². The summed E-state index contributed by atoms with van der Waals surface area (Å²) in [6, 6.07) is 6.57. The van der Waals surface area contributed by atoms with E-state index in [4.69, 9.17) is 5.73 Å². The van der Waals surface area contributed by atoms with Gasteiger partial charge in [-0.2, -0.15) is 13.2 Å². The fraction of sp³-hybridized carbons (Fsp3) is 0.364. The molecule has 0 saturated heterocycles. The maximum absolute atomic E-state index is 12.9. The molecule has 0 spiro atoms. The van der Waals surface area contributed by atoms with Gasteiger partial charge in [-0.25, -0.2) is 4.79 Å². The van der Waals surface area contributed by atoms with Crippen LogP contribution in [-0.2, 0) is 15.1 Å². The lowest BCUT2D eigenvalue weighted by Crippen LogP contribution is -2.57. The fourth-order valence-corrected chi connectivity index (χ4v) is 1.34. The summed E-state index contributed by atoms with van der Waals surface area (Å²) in [6.07, 6.45) is -4.92. The molecule has 3 nitrogen and oxygen atoms in total. The summed E-state index contributed by atoms with van der Waals surface area (Å²) in [5.74, 6) is -1.50. The van der Waals surface area contributed by atoms with Gasteiger partial charge in [0.2, 0.25) is 5.54 Å². The molecule has 17 heavy (non-hydrogen) atoms. The Hall–Kier alpha value is -1.56. The molecular weight excluding hydrogens is 235 g/mol. The van der Waals surface area contributed by atoms with Crippen molar-refractivity contribution < 1.29 is 22.7 Å². The van der Waals surface area contributed by atoms with Crippen molar-refractivity contribution in [3.05, 3.63) is 35.9 Å². The third-order valence-corrected chi connectivity index (χ3v) is 2.27. The van der Waals surface area contributed by atoms with Gasteiger partial charge in [0, 0.05) is 0 Å². The maximum Gasteiger partial charge on any atom is 0.421 e. The lowest BCUT2D eigenvalue weighted by Gasteiger charge is -2.29. The van der Waals surface area contributed by atoms with E-state index < -0.39 is 17.7 Å². The van der Waals surface area contributed by atoms with E-state index in [1.165, 1.54) is 25.1 Å². The van der Waals surface area contributed by atoms with E-state index in [0.29, 0.717) is 0 Å². The number of nitrogens with two attached hydrogens (primary N) is 1. The quantitative estimate of drug-likeness (QED) is 0.831. The normalized spacial score (nSPS) is 15.1. The van der Waals surface area contributed by atoms with Crippen molar-refractivity contribution in [1.29, 1.82) is 0 Å². The zero-order valence-electron chi connectivity index (χ0n) is 9.12. The van der Waals surface area contributed by atoms with Gasteiger partial charge in [-0.15, -0.1) is 0 Å². The van der Waals surface area contributed by atoms with Gasteiger partial charge in [0.25, 0.3) is 0 Å². The van der Waals surface area contributed by atoms with Gasteiger partial charge in [0.1, 0.15) is 0 Å². The highest BCUT2D eigenvalue weighted by Crippen LogP contribution is 2.37. The smallest absolute Gasteiger partial charge is 0.421 e.